The predicted molar refractivity (Wildman–Crippen MR) is 93.0 cm³/mol. The average Bonchev–Trinajstić information content (AvgIpc) is 2.44. The summed E-state index contributed by atoms with van der Waals surface area (Å²) in [5.41, 5.74) is 1.71. The molecule has 0 spiro atoms. The molecule has 3 heterocycles. The van der Waals surface area contributed by atoms with Gasteiger partial charge in [-0.2, -0.15) is 0 Å². The zero-order valence-electron chi connectivity index (χ0n) is 14.1. The highest BCUT2D eigenvalue weighted by Crippen LogP contribution is 2.42. The molecule has 1 aliphatic heterocycles. The molecule has 124 valence electrons. The molecule has 0 aliphatic carbocycles. The lowest BCUT2D eigenvalue weighted by atomic mass is 9.80. The number of hydrogen-bond donors (Lipinski definition) is 1. The van der Waals surface area contributed by atoms with Gasteiger partial charge in [-0.1, -0.05) is 13.0 Å². The summed E-state index contributed by atoms with van der Waals surface area (Å²) in [6.45, 7) is 8.17. The number of nitrogens with zero attached hydrogens (tertiary/aromatic N) is 1. The van der Waals surface area contributed by atoms with E-state index >= 15 is 0 Å². The first-order chi connectivity index (χ1) is 11.2. The van der Waals surface area contributed by atoms with Crippen LogP contribution in [-0.4, -0.2) is 9.67 Å². The summed E-state index contributed by atoms with van der Waals surface area (Å²) in [4.78, 5) is 24.9. The minimum absolute atomic E-state index is 0.0706. The van der Waals surface area contributed by atoms with E-state index in [2.05, 4.69) is 13.0 Å². The van der Waals surface area contributed by atoms with Crippen molar-refractivity contribution in [3.63, 3.8) is 0 Å². The monoisotopic (exact) mass is 325 g/mol. The minimum atomic E-state index is -0.661. The Bertz CT molecular complexity index is 1130. The van der Waals surface area contributed by atoms with Crippen LogP contribution < -0.4 is 11.2 Å². The molecular formula is C19H19NO4. The highest BCUT2D eigenvalue weighted by atomic mass is 16.4. The molecule has 4 rings (SSSR count). The molecule has 3 aromatic rings. The smallest absolute Gasteiger partial charge is 0.339 e. The van der Waals surface area contributed by atoms with Gasteiger partial charge in [0.05, 0.1) is 11.6 Å². The molecule has 0 bridgehead atoms. The third-order valence-corrected chi connectivity index (χ3v) is 5.05. The number of rotatable bonds is 0. The van der Waals surface area contributed by atoms with Crippen molar-refractivity contribution >= 4 is 21.9 Å². The molecule has 0 unspecified atom stereocenters. The van der Waals surface area contributed by atoms with E-state index < -0.39 is 11.2 Å². The maximum Gasteiger partial charge on any atom is 0.339 e. The molecule has 5 nitrogen and oxygen atoms in total. The molecule has 2 aromatic heterocycles. The van der Waals surface area contributed by atoms with Crippen molar-refractivity contribution in [2.45, 2.75) is 45.6 Å². The lowest BCUT2D eigenvalue weighted by molar-refractivity contribution is 0.294. The topological polar surface area (TPSA) is 72.4 Å². The summed E-state index contributed by atoms with van der Waals surface area (Å²) in [5, 5.41) is 11.0. The van der Waals surface area contributed by atoms with Gasteiger partial charge in [0.15, 0.2) is 5.58 Å². The van der Waals surface area contributed by atoms with Crippen LogP contribution in [0.5, 0.6) is 5.75 Å². The molecule has 0 fully saturated rings. The van der Waals surface area contributed by atoms with E-state index in [0.717, 1.165) is 29.1 Å². The van der Waals surface area contributed by atoms with E-state index in [1.807, 2.05) is 26.8 Å². The zero-order valence-corrected chi connectivity index (χ0v) is 14.1. The van der Waals surface area contributed by atoms with Gasteiger partial charge in [-0.15, -0.1) is 0 Å². The molecule has 5 heteroatoms. The fourth-order valence-electron chi connectivity index (χ4n) is 4.22. The largest absolute Gasteiger partial charge is 0.507 e. The average molecular weight is 325 g/mol. The van der Waals surface area contributed by atoms with Crippen LogP contribution in [0.2, 0.25) is 0 Å². The Morgan fingerprint density at radius 1 is 1.25 bits per heavy atom. The van der Waals surface area contributed by atoms with E-state index in [1.54, 1.807) is 4.57 Å². The highest BCUT2D eigenvalue weighted by Gasteiger charge is 2.35. The Labute approximate surface area is 138 Å². The lowest BCUT2D eigenvalue weighted by Crippen LogP contribution is -2.41. The van der Waals surface area contributed by atoms with Gasteiger partial charge in [-0.3, -0.25) is 4.79 Å². The molecule has 1 aromatic carbocycles. The number of fused-ring (bicyclic) bond motifs is 2. The third kappa shape index (κ3) is 1.81. The Balaban J connectivity index is 2.43. The third-order valence-electron chi connectivity index (χ3n) is 5.05. The van der Waals surface area contributed by atoms with E-state index in [9.17, 15) is 14.7 Å². The zero-order chi connectivity index (χ0) is 17.4. The van der Waals surface area contributed by atoms with E-state index in [0.29, 0.717) is 5.39 Å². The van der Waals surface area contributed by atoms with Gasteiger partial charge in [0.2, 0.25) is 0 Å². The van der Waals surface area contributed by atoms with Crippen LogP contribution in [0.3, 0.4) is 0 Å². The van der Waals surface area contributed by atoms with Gasteiger partial charge in [0.1, 0.15) is 11.1 Å². The van der Waals surface area contributed by atoms with Crippen LogP contribution in [0.25, 0.3) is 21.9 Å². The number of aromatic hydroxyl groups is 1. The van der Waals surface area contributed by atoms with Gasteiger partial charge >= 0.3 is 5.63 Å². The Morgan fingerprint density at radius 2 is 1.96 bits per heavy atom. The van der Waals surface area contributed by atoms with Crippen LogP contribution in [0, 0.1) is 6.92 Å². The number of hydrogen-bond acceptors (Lipinski definition) is 4. The maximum absolute atomic E-state index is 13.1. The summed E-state index contributed by atoms with van der Waals surface area (Å²) < 4.78 is 7.09. The quantitative estimate of drug-likeness (QED) is 0.643. The molecule has 1 atom stereocenters. The van der Waals surface area contributed by atoms with E-state index in [1.165, 1.54) is 0 Å². The molecule has 24 heavy (non-hydrogen) atoms. The summed E-state index contributed by atoms with van der Waals surface area (Å²) >= 11 is 0. The first kappa shape index (κ1) is 15.0. The second-order valence-corrected chi connectivity index (χ2v) is 7.46. The van der Waals surface area contributed by atoms with Crippen LogP contribution in [0.1, 0.15) is 44.2 Å². The minimum Gasteiger partial charge on any atom is -0.507 e. The van der Waals surface area contributed by atoms with Gasteiger partial charge in [0.25, 0.3) is 5.56 Å². The first-order valence-electron chi connectivity index (χ1n) is 8.07. The van der Waals surface area contributed by atoms with Crippen LogP contribution in [-0.2, 0) is 5.54 Å². The van der Waals surface area contributed by atoms with Gasteiger partial charge in [-0.05, 0) is 50.3 Å². The molecule has 0 saturated heterocycles. The number of aryl methyl sites for hydroxylation is 1. The number of pyridine rings is 1. The van der Waals surface area contributed by atoms with Gasteiger partial charge in [-0.25, -0.2) is 4.79 Å². The molecular weight excluding hydrogens is 306 g/mol. The first-order valence-corrected chi connectivity index (χ1v) is 8.07. The molecule has 1 N–H and O–H groups in total. The van der Waals surface area contributed by atoms with E-state index in [4.69, 9.17) is 4.42 Å². The normalized spacial score (nSPS) is 19.1. The fraction of sp³-hybridized carbons (Fsp3) is 0.368. The number of benzene rings is 1. The van der Waals surface area contributed by atoms with Crippen LogP contribution >= 0.6 is 0 Å². The van der Waals surface area contributed by atoms with Crippen molar-refractivity contribution in [2.24, 2.45) is 0 Å². The SMILES string of the molecule is Cc1cc2c3c(c1)c1oc(=O)cc(O)c1c(=O)n3C(C)(C)C[C@@H]2C. The standard InChI is InChI=1S/C19H19NO4/c1-9-5-11-10(2)8-19(3,4)20-16(11)12(6-9)17-15(18(20)23)13(21)7-14(22)24-17/h5-7,10,21H,8H2,1-4H3/t10-/m0/s1. The van der Waals surface area contributed by atoms with Crippen molar-refractivity contribution in [3.05, 3.63) is 50.1 Å². The molecule has 0 saturated carbocycles. The molecule has 1 aliphatic rings. The second-order valence-electron chi connectivity index (χ2n) is 7.46. The van der Waals surface area contributed by atoms with Gasteiger partial charge < -0.3 is 14.1 Å². The Kier molecular flexibility index (Phi) is 2.81. The lowest BCUT2D eigenvalue weighted by Gasteiger charge is -2.38. The van der Waals surface area contributed by atoms with Crippen molar-refractivity contribution < 1.29 is 9.52 Å². The summed E-state index contributed by atoms with van der Waals surface area (Å²) in [6.07, 6.45) is 0.821. The predicted octanol–water partition coefficient (Wildman–Crippen LogP) is 3.36. The van der Waals surface area contributed by atoms with Gasteiger partial charge in [0, 0.05) is 10.9 Å². The summed E-state index contributed by atoms with van der Waals surface area (Å²) in [5.74, 6) is -0.0438. The summed E-state index contributed by atoms with van der Waals surface area (Å²) in [6, 6.07) is 4.95. The molecule has 0 radical (unpaired) electrons. The molecule has 0 amide bonds. The van der Waals surface area contributed by atoms with Crippen LogP contribution in [0.15, 0.2) is 32.2 Å². The number of aromatic nitrogens is 1. The van der Waals surface area contributed by atoms with Crippen molar-refractivity contribution in [2.75, 3.05) is 0 Å². The van der Waals surface area contributed by atoms with Crippen molar-refractivity contribution in [1.29, 1.82) is 0 Å². The second kappa shape index (κ2) is 4.50. The highest BCUT2D eigenvalue weighted by molar-refractivity contribution is 6.05. The van der Waals surface area contributed by atoms with E-state index in [-0.39, 0.29) is 28.2 Å². The van der Waals surface area contributed by atoms with Crippen LogP contribution in [0.4, 0.5) is 0 Å². The Hall–Kier alpha value is -2.56. The fourth-order valence-corrected chi connectivity index (χ4v) is 4.22. The van der Waals surface area contributed by atoms with Crippen molar-refractivity contribution in [3.8, 4) is 5.75 Å². The van der Waals surface area contributed by atoms with Crippen molar-refractivity contribution in [1.82, 2.24) is 4.57 Å². The maximum atomic E-state index is 13.1. The Morgan fingerprint density at radius 3 is 2.67 bits per heavy atom. The summed E-state index contributed by atoms with van der Waals surface area (Å²) in [7, 11) is 0.